The highest BCUT2D eigenvalue weighted by molar-refractivity contribution is 9.10. The molecule has 1 aromatic rings. The summed E-state index contributed by atoms with van der Waals surface area (Å²) in [5, 5.41) is 0. The van der Waals surface area contributed by atoms with Gasteiger partial charge in [-0.15, -0.1) is 0 Å². The summed E-state index contributed by atoms with van der Waals surface area (Å²) >= 11 is 3.55. The van der Waals surface area contributed by atoms with Crippen LogP contribution in [0.3, 0.4) is 0 Å². The molecule has 1 fully saturated rings. The van der Waals surface area contributed by atoms with Crippen molar-refractivity contribution in [2.75, 3.05) is 0 Å². The third-order valence-electron chi connectivity index (χ3n) is 3.44. The maximum atomic E-state index is 6.15. The lowest BCUT2D eigenvalue weighted by Crippen LogP contribution is -2.24. The number of halogens is 1. The van der Waals surface area contributed by atoms with Crippen LogP contribution in [0.5, 0.6) is 5.75 Å². The molecule has 0 amide bonds. The van der Waals surface area contributed by atoms with Gasteiger partial charge in [0.1, 0.15) is 5.75 Å². The molecule has 1 aliphatic rings. The van der Waals surface area contributed by atoms with E-state index in [4.69, 9.17) is 10.5 Å². The maximum absolute atomic E-state index is 6.15. The first-order chi connectivity index (χ1) is 8.20. The summed E-state index contributed by atoms with van der Waals surface area (Å²) in [6.45, 7) is 2.83. The second-order valence-electron chi connectivity index (χ2n) is 4.94. The van der Waals surface area contributed by atoms with Crippen LogP contribution in [0, 0.1) is 5.92 Å². The molecule has 17 heavy (non-hydrogen) atoms. The Bertz CT molecular complexity index is 380. The van der Waals surface area contributed by atoms with Crippen LogP contribution in [0.4, 0.5) is 0 Å². The van der Waals surface area contributed by atoms with E-state index in [1.165, 1.54) is 12.8 Å². The monoisotopic (exact) mass is 297 g/mol. The van der Waals surface area contributed by atoms with E-state index in [1.54, 1.807) is 0 Å². The Labute approximate surface area is 112 Å². The first kappa shape index (κ1) is 12.9. The third kappa shape index (κ3) is 3.23. The van der Waals surface area contributed by atoms with Gasteiger partial charge in [-0.25, -0.2) is 0 Å². The molecule has 2 nitrogen and oxygen atoms in total. The van der Waals surface area contributed by atoms with Crippen LogP contribution < -0.4 is 10.5 Å². The predicted octanol–water partition coefficient (Wildman–Crippen LogP) is 3.87. The number of ether oxygens (including phenoxy) is 1. The van der Waals surface area contributed by atoms with Crippen molar-refractivity contribution in [1.82, 2.24) is 0 Å². The lowest BCUT2D eigenvalue weighted by molar-refractivity contribution is 0.127. The van der Waals surface area contributed by atoms with Crippen molar-refractivity contribution in [3.8, 4) is 5.75 Å². The van der Waals surface area contributed by atoms with Crippen molar-refractivity contribution in [1.29, 1.82) is 0 Å². The second-order valence-corrected chi connectivity index (χ2v) is 5.80. The third-order valence-corrected chi connectivity index (χ3v) is 4.07. The van der Waals surface area contributed by atoms with Crippen molar-refractivity contribution in [2.24, 2.45) is 11.7 Å². The molecule has 0 radical (unpaired) electrons. The molecule has 0 aliphatic heterocycles. The Kier molecular flexibility index (Phi) is 4.46. The molecule has 1 aliphatic carbocycles. The van der Waals surface area contributed by atoms with Crippen LogP contribution in [0.2, 0.25) is 0 Å². The van der Waals surface area contributed by atoms with Gasteiger partial charge < -0.3 is 10.5 Å². The van der Waals surface area contributed by atoms with Gasteiger partial charge in [-0.3, -0.25) is 0 Å². The number of nitrogens with two attached hydrogens (primary N) is 1. The van der Waals surface area contributed by atoms with Crippen LogP contribution >= 0.6 is 15.9 Å². The topological polar surface area (TPSA) is 35.2 Å². The minimum atomic E-state index is 0.350. The highest BCUT2D eigenvalue weighted by Crippen LogP contribution is 2.33. The zero-order valence-corrected chi connectivity index (χ0v) is 11.9. The van der Waals surface area contributed by atoms with Gasteiger partial charge in [0.15, 0.2) is 0 Å². The molecule has 1 aromatic carbocycles. The van der Waals surface area contributed by atoms with Crippen LogP contribution in [-0.4, -0.2) is 6.10 Å². The average Bonchev–Trinajstić information content (AvgIpc) is 2.32. The average molecular weight is 298 g/mol. The fourth-order valence-corrected chi connectivity index (χ4v) is 3.00. The van der Waals surface area contributed by atoms with Crippen molar-refractivity contribution >= 4 is 15.9 Å². The molecule has 0 bridgehead atoms. The zero-order valence-electron chi connectivity index (χ0n) is 10.3. The molecular weight excluding hydrogens is 278 g/mol. The first-order valence-electron chi connectivity index (χ1n) is 6.34. The molecule has 1 saturated carbocycles. The number of hydrogen-bond acceptors (Lipinski definition) is 2. The number of benzene rings is 1. The molecule has 0 spiro atoms. The number of para-hydroxylation sites is 1. The molecule has 0 heterocycles. The Morgan fingerprint density at radius 3 is 2.94 bits per heavy atom. The maximum Gasteiger partial charge on any atom is 0.138 e. The molecule has 2 unspecified atom stereocenters. The van der Waals surface area contributed by atoms with Gasteiger partial charge in [0.25, 0.3) is 0 Å². The molecular formula is C14H20BrNO. The normalized spacial score (nSPS) is 24.6. The summed E-state index contributed by atoms with van der Waals surface area (Å²) in [6, 6.07) is 6.05. The molecule has 3 heteroatoms. The van der Waals surface area contributed by atoms with Gasteiger partial charge in [0.05, 0.1) is 10.6 Å². The van der Waals surface area contributed by atoms with E-state index < -0.39 is 0 Å². The lowest BCUT2D eigenvalue weighted by atomic mass is 9.88. The highest BCUT2D eigenvalue weighted by Gasteiger charge is 2.21. The molecule has 2 rings (SSSR count). The van der Waals surface area contributed by atoms with Crippen LogP contribution in [0.1, 0.15) is 38.2 Å². The van der Waals surface area contributed by atoms with E-state index in [0.717, 1.165) is 34.5 Å². The van der Waals surface area contributed by atoms with Crippen LogP contribution in [-0.2, 0) is 6.54 Å². The van der Waals surface area contributed by atoms with E-state index in [0.29, 0.717) is 12.6 Å². The van der Waals surface area contributed by atoms with Gasteiger partial charge >= 0.3 is 0 Å². The summed E-state index contributed by atoms with van der Waals surface area (Å²) in [5.74, 6) is 1.71. The van der Waals surface area contributed by atoms with Crippen molar-refractivity contribution < 1.29 is 4.74 Å². The Morgan fingerprint density at radius 1 is 1.41 bits per heavy atom. The summed E-state index contributed by atoms with van der Waals surface area (Å²) in [4.78, 5) is 0. The van der Waals surface area contributed by atoms with E-state index in [2.05, 4.69) is 22.9 Å². The van der Waals surface area contributed by atoms with Gasteiger partial charge in [0, 0.05) is 12.1 Å². The Hall–Kier alpha value is -0.540. The minimum Gasteiger partial charge on any atom is -0.489 e. The summed E-state index contributed by atoms with van der Waals surface area (Å²) in [6.07, 6.45) is 5.28. The van der Waals surface area contributed by atoms with E-state index in [-0.39, 0.29) is 0 Å². The zero-order chi connectivity index (χ0) is 12.3. The number of hydrogen-bond donors (Lipinski definition) is 1. The quantitative estimate of drug-likeness (QED) is 0.919. The summed E-state index contributed by atoms with van der Waals surface area (Å²) in [5.41, 5.74) is 6.83. The smallest absolute Gasteiger partial charge is 0.138 e. The van der Waals surface area contributed by atoms with Crippen molar-refractivity contribution in [3.05, 3.63) is 28.2 Å². The molecule has 94 valence electrons. The van der Waals surface area contributed by atoms with Crippen LogP contribution in [0.15, 0.2) is 22.7 Å². The van der Waals surface area contributed by atoms with Crippen molar-refractivity contribution in [3.63, 3.8) is 0 Å². The molecule has 2 N–H and O–H groups in total. The highest BCUT2D eigenvalue weighted by atomic mass is 79.9. The van der Waals surface area contributed by atoms with Crippen molar-refractivity contribution in [2.45, 2.75) is 45.3 Å². The van der Waals surface area contributed by atoms with E-state index in [1.807, 2.05) is 18.2 Å². The van der Waals surface area contributed by atoms with Gasteiger partial charge in [-0.05, 0) is 47.2 Å². The first-order valence-corrected chi connectivity index (χ1v) is 7.14. The largest absolute Gasteiger partial charge is 0.489 e. The Balaban J connectivity index is 2.12. The molecule has 0 saturated heterocycles. The van der Waals surface area contributed by atoms with E-state index in [9.17, 15) is 0 Å². The fraction of sp³-hybridized carbons (Fsp3) is 0.571. The fourth-order valence-electron chi connectivity index (χ4n) is 2.50. The number of rotatable bonds is 3. The minimum absolute atomic E-state index is 0.350. The SMILES string of the molecule is CC1CCCC(Oc2c(Br)cccc2CN)C1. The predicted molar refractivity (Wildman–Crippen MR) is 74.1 cm³/mol. The Morgan fingerprint density at radius 2 is 2.24 bits per heavy atom. The standard InChI is InChI=1S/C14H20BrNO/c1-10-4-2-6-12(8-10)17-14-11(9-16)5-3-7-13(14)15/h3,5,7,10,12H,2,4,6,8-9,16H2,1H3. The lowest BCUT2D eigenvalue weighted by Gasteiger charge is -2.28. The van der Waals surface area contributed by atoms with Gasteiger partial charge in [0.2, 0.25) is 0 Å². The van der Waals surface area contributed by atoms with Gasteiger partial charge in [-0.1, -0.05) is 25.5 Å². The van der Waals surface area contributed by atoms with E-state index >= 15 is 0 Å². The molecule has 0 aromatic heterocycles. The summed E-state index contributed by atoms with van der Waals surface area (Å²) < 4.78 is 7.16. The van der Waals surface area contributed by atoms with Crippen LogP contribution in [0.25, 0.3) is 0 Å². The molecule has 2 atom stereocenters. The summed E-state index contributed by atoms with van der Waals surface area (Å²) in [7, 11) is 0. The van der Waals surface area contributed by atoms with Gasteiger partial charge in [-0.2, -0.15) is 0 Å². The second kappa shape index (κ2) is 5.87.